The highest BCUT2D eigenvalue weighted by Gasteiger charge is 2.13. The molecule has 7 nitrogen and oxygen atoms in total. The molecule has 118 valence electrons. The lowest BCUT2D eigenvalue weighted by molar-refractivity contribution is 0.0790. The number of ether oxygens (including phenoxy) is 1. The number of rotatable bonds is 6. The Morgan fingerprint density at radius 1 is 1.32 bits per heavy atom. The van der Waals surface area contributed by atoms with Crippen molar-refractivity contribution in [2.24, 2.45) is 0 Å². The molecule has 1 amide bonds. The Kier molecular flexibility index (Phi) is 5.08. The first kappa shape index (κ1) is 15.9. The van der Waals surface area contributed by atoms with Crippen LogP contribution in [-0.2, 0) is 6.54 Å². The molecule has 22 heavy (non-hydrogen) atoms. The number of methoxy groups -OCH3 is 1. The molecule has 2 rings (SSSR count). The fourth-order valence-electron chi connectivity index (χ4n) is 2.21. The Bertz CT molecular complexity index is 636. The second-order valence-electron chi connectivity index (χ2n) is 5.19. The van der Waals surface area contributed by atoms with E-state index in [0.29, 0.717) is 12.1 Å². The number of amides is 1. The van der Waals surface area contributed by atoms with Crippen LogP contribution in [-0.4, -0.2) is 51.3 Å². The number of aryl methyl sites for hydroxylation is 3. The topological polar surface area (TPSA) is 73.1 Å². The van der Waals surface area contributed by atoms with E-state index in [1.807, 2.05) is 24.6 Å². The van der Waals surface area contributed by atoms with Crippen LogP contribution in [0.2, 0.25) is 0 Å². The molecule has 2 heterocycles. The van der Waals surface area contributed by atoms with Gasteiger partial charge in [0.15, 0.2) is 0 Å². The fraction of sp³-hybridized carbons (Fsp3) is 0.467. The molecular formula is C15H21N5O2. The SMILES string of the molecule is COc1ncc(C(=O)N(C)CCCn2nc(C)cc2C)cn1. The highest BCUT2D eigenvalue weighted by Crippen LogP contribution is 2.07. The Labute approximate surface area is 129 Å². The lowest BCUT2D eigenvalue weighted by Crippen LogP contribution is -2.28. The summed E-state index contributed by atoms with van der Waals surface area (Å²) in [5.41, 5.74) is 2.60. The van der Waals surface area contributed by atoms with Gasteiger partial charge in [-0.2, -0.15) is 5.10 Å². The van der Waals surface area contributed by atoms with Gasteiger partial charge in [0.1, 0.15) is 0 Å². The van der Waals surface area contributed by atoms with Crippen molar-refractivity contribution in [2.75, 3.05) is 20.7 Å². The summed E-state index contributed by atoms with van der Waals surface area (Å²) in [6, 6.07) is 2.30. The van der Waals surface area contributed by atoms with Crippen molar-refractivity contribution in [3.8, 4) is 6.01 Å². The number of carbonyl (C=O) groups is 1. The third-order valence-electron chi connectivity index (χ3n) is 3.37. The standard InChI is InChI=1S/C15H21N5O2/c1-11-8-12(2)20(18-11)7-5-6-19(3)14(21)13-9-16-15(22-4)17-10-13/h8-10H,5-7H2,1-4H3. The summed E-state index contributed by atoms with van der Waals surface area (Å²) in [4.78, 5) is 21.8. The molecule has 7 heteroatoms. The van der Waals surface area contributed by atoms with Gasteiger partial charge in [-0.3, -0.25) is 9.48 Å². The molecule has 2 aromatic heterocycles. The Hall–Kier alpha value is -2.44. The molecule has 0 unspecified atom stereocenters. The summed E-state index contributed by atoms with van der Waals surface area (Å²) in [5, 5.41) is 4.41. The summed E-state index contributed by atoms with van der Waals surface area (Å²) >= 11 is 0. The third-order valence-corrected chi connectivity index (χ3v) is 3.37. The van der Waals surface area contributed by atoms with Crippen molar-refractivity contribution in [3.05, 3.63) is 35.4 Å². The lowest BCUT2D eigenvalue weighted by atomic mass is 10.3. The van der Waals surface area contributed by atoms with Gasteiger partial charge in [-0.25, -0.2) is 9.97 Å². The number of carbonyl (C=O) groups excluding carboxylic acids is 1. The van der Waals surface area contributed by atoms with E-state index in [0.717, 1.165) is 24.4 Å². The monoisotopic (exact) mass is 303 g/mol. The van der Waals surface area contributed by atoms with E-state index in [4.69, 9.17) is 4.74 Å². The zero-order valence-corrected chi connectivity index (χ0v) is 13.4. The van der Waals surface area contributed by atoms with E-state index in [2.05, 4.69) is 15.1 Å². The van der Waals surface area contributed by atoms with Gasteiger partial charge >= 0.3 is 6.01 Å². The van der Waals surface area contributed by atoms with Gasteiger partial charge < -0.3 is 9.64 Å². The van der Waals surface area contributed by atoms with E-state index in [-0.39, 0.29) is 11.9 Å². The van der Waals surface area contributed by atoms with E-state index in [1.54, 1.807) is 11.9 Å². The van der Waals surface area contributed by atoms with Crippen molar-refractivity contribution in [1.82, 2.24) is 24.6 Å². The van der Waals surface area contributed by atoms with Crippen molar-refractivity contribution >= 4 is 5.91 Å². The first-order valence-corrected chi connectivity index (χ1v) is 7.14. The molecule has 0 aliphatic rings. The van der Waals surface area contributed by atoms with Crippen LogP contribution >= 0.6 is 0 Å². The second kappa shape index (κ2) is 7.02. The first-order chi connectivity index (χ1) is 10.5. The zero-order valence-electron chi connectivity index (χ0n) is 13.4. The van der Waals surface area contributed by atoms with Gasteiger partial charge in [-0.05, 0) is 26.3 Å². The predicted molar refractivity (Wildman–Crippen MR) is 81.9 cm³/mol. The first-order valence-electron chi connectivity index (χ1n) is 7.14. The van der Waals surface area contributed by atoms with Crippen molar-refractivity contribution in [2.45, 2.75) is 26.8 Å². The molecule has 0 spiro atoms. The smallest absolute Gasteiger partial charge is 0.316 e. The number of hydrogen-bond donors (Lipinski definition) is 0. The molecule has 0 aromatic carbocycles. The van der Waals surface area contributed by atoms with Crippen LogP contribution in [0, 0.1) is 13.8 Å². The minimum Gasteiger partial charge on any atom is -0.467 e. The number of aromatic nitrogens is 4. The Balaban J connectivity index is 1.87. The van der Waals surface area contributed by atoms with Crippen molar-refractivity contribution in [1.29, 1.82) is 0 Å². The summed E-state index contributed by atoms with van der Waals surface area (Å²) in [5.74, 6) is -0.101. The van der Waals surface area contributed by atoms with Gasteiger partial charge in [0.2, 0.25) is 0 Å². The molecule has 0 saturated heterocycles. The predicted octanol–water partition coefficient (Wildman–Crippen LogP) is 1.46. The quantitative estimate of drug-likeness (QED) is 0.808. The van der Waals surface area contributed by atoms with Gasteiger partial charge in [0.25, 0.3) is 5.91 Å². The van der Waals surface area contributed by atoms with Crippen LogP contribution in [0.3, 0.4) is 0 Å². The van der Waals surface area contributed by atoms with Crippen molar-refractivity contribution < 1.29 is 9.53 Å². The highest BCUT2D eigenvalue weighted by molar-refractivity contribution is 5.93. The van der Waals surface area contributed by atoms with E-state index in [9.17, 15) is 4.79 Å². The molecule has 0 N–H and O–H groups in total. The third kappa shape index (κ3) is 3.81. The van der Waals surface area contributed by atoms with Crippen molar-refractivity contribution in [3.63, 3.8) is 0 Å². The summed E-state index contributed by atoms with van der Waals surface area (Å²) in [7, 11) is 3.26. The average molecular weight is 303 g/mol. The molecule has 0 fully saturated rings. The molecule has 0 bridgehead atoms. The van der Waals surface area contributed by atoms with Gasteiger partial charge in [0, 0.05) is 38.2 Å². The molecule has 0 atom stereocenters. The maximum atomic E-state index is 12.2. The van der Waals surface area contributed by atoms with Crippen LogP contribution in [0.25, 0.3) is 0 Å². The molecule has 0 radical (unpaired) electrons. The van der Waals surface area contributed by atoms with Crippen LogP contribution in [0.4, 0.5) is 0 Å². The van der Waals surface area contributed by atoms with Crippen LogP contribution in [0.1, 0.15) is 28.2 Å². The minimum absolute atomic E-state index is 0.101. The fourth-order valence-corrected chi connectivity index (χ4v) is 2.21. The Morgan fingerprint density at radius 3 is 2.55 bits per heavy atom. The number of nitrogens with zero attached hydrogens (tertiary/aromatic N) is 5. The van der Waals surface area contributed by atoms with Gasteiger partial charge in [-0.1, -0.05) is 0 Å². The van der Waals surface area contributed by atoms with Crippen LogP contribution in [0.15, 0.2) is 18.5 Å². The lowest BCUT2D eigenvalue weighted by Gasteiger charge is -2.17. The zero-order chi connectivity index (χ0) is 16.1. The highest BCUT2D eigenvalue weighted by atomic mass is 16.5. The molecular weight excluding hydrogens is 282 g/mol. The van der Waals surface area contributed by atoms with Crippen LogP contribution < -0.4 is 4.74 Å². The maximum absolute atomic E-state index is 12.2. The van der Waals surface area contributed by atoms with Crippen LogP contribution in [0.5, 0.6) is 6.01 Å². The largest absolute Gasteiger partial charge is 0.467 e. The van der Waals surface area contributed by atoms with E-state index >= 15 is 0 Å². The maximum Gasteiger partial charge on any atom is 0.316 e. The summed E-state index contributed by atoms with van der Waals surface area (Å²) in [6.45, 7) is 5.44. The van der Waals surface area contributed by atoms with Gasteiger partial charge in [0.05, 0.1) is 18.4 Å². The Morgan fingerprint density at radius 2 is 2.00 bits per heavy atom. The molecule has 2 aromatic rings. The second-order valence-corrected chi connectivity index (χ2v) is 5.19. The van der Waals surface area contributed by atoms with Gasteiger partial charge in [-0.15, -0.1) is 0 Å². The normalized spacial score (nSPS) is 10.5. The average Bonchev–Trinajstić information content (AvgIpc) is 2.84. The number of hydrogen-bond acceptors (Lipinski definition) is 5. The summed E-state index contributed by atoms with van der Waals surface area (Å²) < 4.78 is 6.84. The molecule has 0 saturated carbocycles. The van der Waals surface area contributed by atoms with E-state index < -0.39 is 0 Å². The molecule has 0 aliphatic carbocycles. The summed E-state index contributed by atoms with van der Waals surface area (Å²) in [6.07, 6.45) is 3.79. The van der Waals surface area contributed by atoms with E-state index in [1.165, 1.54) is 19.5 Å². The molecule has 0 aliphatic heterocycles. The minimum atomic E-state index is -0.101.